The highest BCUT2D eigenvalue weighted by Crippen LogP contribution is 2.35. The zero-order valence-electron chi connectivity index (χ0n) is 14.8. The van der Waals surface area contributed by atoms with Gasteiger partial charge in [0.1, 0.15) is 5.75 Å². The first-order valence-electron chi connectivity index (χ1n) is 7.96. The minimum absolute atomic E-state index is 0.00847. The summed E-state index contributed by atoms with van der Waals surface area (Å²) in [7, 11) is -2.62. The minimum Gasteiger partial charge on any atom is -0.479 e. The lowest BCUT2D eigenvalue weighted by molar-refractivity contribution is -0.122. The summed E-state index contributed by atoms with van der Waals surface area (Å²) in [6, 6.07) is 2.90. The Morgan fingerprint density at radius 1 is 1.44 bits per heavy atom. The van der Waals surface area contributed by atoms with Crippen LogP contribution in [0.1, 0.15) is 12.5 Å². The van der Waals surface area contributed by atoms with Crippen molar-refractivity contribution in [2.45, 2.75) is 24.8 Å². The van der Waals surface area contributed by atoms with E-state index in [1.807, 2.05) is 0 Å². The van der Waals surface area contributed by atoms with E-state index < -0.39 is 22.0 Å². The molecule has 0 aliphatic carbocycles. The van der Waals surface area contributed by atoms with E-state index in [4.69, 9.17) is 4.74 Å². The fraction of sp³-hybridized carbons (Fsp3) is 0.312. The first-order valence-corrected chi connectivity index (χ1v) is 10.3. The van der Waals surface area contributed by atoms with Crippen molar-refractivity contribution in [3.8, 4) is 5.75 Å². The second-order valence-corrected chi connectivity index (χ2v) is 8.92. The number of amides is 2. The summed E-state index contributed by atoms with van der Waals surface area (Å²) in [6.45, 7) is 2.81. The Morgan fingerprint density at radius 2 is 2.19 bits per heavy atom. The van der Waals surface area contributed by atoms with Gasteiger partial charge in [-0.05, 0) is 25.5 Å². The predicted octanol–water partition coefficient (Wildman–Crippen LogP) is 1.43. The monoisotopic (exact) mass is 410 g/mol. The van der Waals surface area contributed by atoms with Crippen molar-refractivity contribution in [1.29, 1.82) is 0 Å². The number of hydrogen-bond donors (Lipinski definition) is 2. The summed E-state index contributed by atoms with van der Waals surface area (Å²) in [6.07, 6.45) is 0.814. The number of ether oxygens (including phenoxy) is 1. The van der Waals surface area contributed by atoms with Gasteiger partial charge in [0.05, 0.1) is 17.1 Å². The summed E-state index contributed by atoms with van der Waals surface area (Å²) in [5.41, 5.74) is 0.845. The van der Waals surface area contributed by atoms with Gasteiger partial charge < -0.3 is 15.4 Å². The second kappa shape index (κ2) is 7.25. The van der Waals surface area contributed by atoms with Crippen molar-refractivity contribution in [3.63, 3.8) is 0 Å². The maximum absolute atomic E-state index is 12.9. The maximum atomic E-state index is 12.9. The van der Waals surface area contributed by atoms with Gasteiger partial charge in [-0.15, -0.1) is 11.3 Å². The Balaban J connectivity index is 1.82. The van der Waals surface area contributed by atoms with E-state index in [-0.39, 0.29) is 23.1 Å². The standard InChI is InChI=1S/C16H18N4O5S2/c1-9-6-11-12(25-10(2)15(22)18-11)7-13(9)27(23,24)20(3)8-14(21)19-16-17-4-5-26-16/h4-7,10H,8H2,1-3H3,(H,18,22)(H,17,19,21)/t10-/m0/s1. The zero-order chi connectivity index (χ0) is 19.8. The average molecular weight is 410 g/mol. The van der Waals surface area contributed by atoms with Crippen LogP contribution in [0, 0.1) is 6.92 Å². The summed E-state index contributed by atoms with van der Waals surface area (Å²) >= 11 is 1.24. The molecule has 3 rings (SSSR count). The van der Waals surface area contributed by atoms with Crippen molar-refractivity contribution in [2.75, 3.05) is 24.2 Å². The van der Waals surface area contributed by atoms with Gasteiger partial charge in [-0.2, -0.15) is 4.31 Å². The number of hydrogen-bond acceptors (Lipinski definition) is 7. The van der Waals surface area contributed by atoms with Gasteiger partial charge >= 0.3 is 0 Å². The second-order valence-electron chi connectivity index (χ2n) is 6.01. The zero-order valence-corrected chi connectivity index (χ0v) is 16.5. The lowest BCUT2D eigenvalue weighted by atomic mass is 10.1. The molecule has 1 aromatic heterocycles. The van der Waals surface area contributed by atoms with E-state index in [0.29, 0.717) is 16.4 Å². The van der Waals surface area contributed by atoms with E-state index in [2.05, 4.69) is 15.6 Å². The van der Waals surface area contributed by atoms with Crippen LogP contribution >= 0.6 is 11.3 Å². The number of thiazole rings is 1. The molecule has 11 heteroatoms. The molecule has 0 bridgehead atoms. The Morgan fingerprint density at radius 3 is 2.85 bits per heavy atom. The molecule has 0 fully saturated rings. The van der Waals surface area contributed by atoms with E-state index in [9.17, 15) is 18.0 Å². The van der Waals surface area contributed by atoms with E-state index in [1.54, 1.807) is 19.2 Å². The fourth-order valence-electron chi connectivity index (χ4n) is 2.52. The van der Waals surface area contributed by atoms with Crippen LogP contribution in [0.2, 0.25) is 0 Å². The molecule has 0 saturated heterocycles. The number of fused-ring (bicyclic) bond motifs is 1. The third-order valence-electron chi connectivity index (χ3n) is 3.94. The number of aryl methyl sites for hydroxylation is 1. The summed E-state index contributed by atoms with van der Waals surface area (Å²) < 4.78 is 32.3. The van der Waals surface area contributed by atoms with Crippen LogP contribution in [0.5, 0.6) is 5.75 Å². The smallest absolute Gasteiger partial charge is 0.265 e. The highest BCUT2D eigenvalue weighted by atomic mass is 32.2. The Kier molecular flexibility index (Phi) is 5.18. The Labute approximate surface area is 160 Å². The lowest BCUT2D eigenvalue weighted by Gasteiger charge is -2.25. The van der Waals surface area contributed by atoms with Crippen molar-refractivity contribution >= 4 is 44.0 Å². The van der Waals surface area contributed by atoms with E-state index in [1.165, 1.54) is 36.7 Å². The lowest BCUT2D eigenvalue weighted by Crippen LogP contribution is -2.36. The number of aromatic nitrogens is 1. The SMILES string of the molecule is Cc1cc2c(cc1S(=O)(=O)N(C)CC(=O)Nc1nccs1)O[C@@H](C)C(=O)N2. The van der Waals surface area contributed by atoms with Gasteiger partial charge in [0.15, 0.2) is 11.2 Å². The molecule has 2 amide bonds. The Hall–Kier alpha value is -2.50. The highest BCUT2D eigenvalue weighted by Gasteiger charge is 2.30. The first kappa shape index (κ1) is 19.3. The van der Waals surface area contributed by atoms with Crippen molar-refractivity contribution < 1.29 is 22.7 Å². The molecule has 2 N–H and O–H groups in total. The number of benzene rings is 1. The number of rotatable bonds is 5. The number of carbonyl (C=O) groups is 2. The molecule has 27 heavy (non-hydrogen) atoms. The van der Waals surface area contributed by atoms with Crippen LogP contribution < -0.4 is 15.4 Å². The fourth-order valence-corrected chi connectivity index (χ4v) is 4.41. The number of carbonyl (C=O) groups excluding carboxylic acids is 2. The molecule has 144 valence electrons. The third kappa shape index (κ3) is 3.94. The van der Waals surface area contributed by atoms with Crippen LogP contribution in [0.15, 0.2) is 28.6 Å². The molecular formula is C16H18N4O5S2. The molecule has 0 radical (unpaired) electrons. The Bertz CT molecular complexity index is 988. The average Bonchev–Trinajstić information content (AvgIpc) is 3.08. The number of likely N-dealkylation sites (N-methyl/N-ethyl adjacent to an activating group) is 1. The van der Waals surface area contributed by atoms with Gasteiger partial charge in [0, 0.05) is 24.7 Å². The molecular weight excluding hydrogens is 392 g/mol. The molecule has 0 unspecified atom stereocenters. The first-order chi connectivity index (χ1) is 12.7. The van der Waals surface area contributed by atoms with Gasteiger partial charge in [-0.25, -0.2) is 13.4 Å². The highest BCUT2D eigenvalue weighted by molar-refractivity contribution is 7.89. The number of nitrogens with zero attached hydrogens (tertiary/aromatic N) is 2. The third-order valence-corrected chi connectivity index (χ3v) is 6.58. The largest absolute Gasteiger partial charge is 0.479 e. The summed E-state index contributed by atoms with van der Waals surface area (Å²) in [5, 5.41) is 7.31. The van der Waals surface area contributed by atoms with Crippen molar-refractivity contribution in [3.05, 3.63) is 29.3 Å². The minimum atomic E-state index is -3.95. The summed E-state index contributed by atoms with van der Waals surface area (Å²) in [4.78, 5) is 27.7. The van der Waals surface area contributed by atoms with Gasteiger partial charge in [-0.1, -0.05) is 0 Å². The molecule has 1 aliphatic heterocycles. The van der Waals surface area contributed by atoms with Crippen LogP contribution in [-0.2, 0) is 19.6 Å². The van der Waals surface area contributed by atoms with Gasteiger partial charge in [0.2, 0.25) is 15.9 Å². The number of anilines is 2. The molecule has 1 atom stereocenters. The van der Waals surface area contributed by atoms with Crippen LogP contribution in [-0.4, -0.2) is 49.2 Å². The molecule has 9 nitrogen and oxygen atoms in total. The van der Waals surface area contributed by atoms with Crippen LogP contribution in [0.25, 0.3) is 0 Å². The van der Waals surface area contributed by atoms with Crippen LogP contribution in [0.4, 0.5) is 10.8 Å². The van der Waals surface area contributed by atoms with Crippen LogP contribution in [0.3, 0.4) is 0 Å². The maximum Gasteiger partial charge on any atom is 0.265 e. The normalized spacial score (nSPS) is 16.4. The van der Waals surface area contributed by atoms with Gasteiger partial charge in [0.25, 0.3) is 5.91 Å². The van der Waals surface area contributed by atoms with Gasteiger partial charge in [-0.3, -0.25) is 9.59 Å². The molecule has 2 heterocycles. The van der Waals surface area contributed by atoms with Crippen molar-refractivity contribution in [2.24, 2.45) is 0 Å². The van der Waals surface area contributed by atoms with Crippen molar-refractivity contribution in [1.82, 2.24) is 9.29 Å². The predicted molar refractivity (Wildman–Crippen MR) is 100 cm³/mol. The molecule has 1 aromatic carbocycles. The topological polar surface area (TPSA) is 118 Å². The molecule has 0 saturated carbocycles. The number of sulfonamides is 1. The molecule has 1 aliphatic rings. The molecule has 0 spiro atoms. The van der Waals surface area contributed by atoms with E-state index >= 15 is 0 Å². The quantitative estimate of drug-likeness (QED) is 0.770. The number of nitrogens with one attached hydrogen (secondary N) is 2. The summed E-state index contributed by atoms with van der Waals surface area (Å²) in [5.74, 6) is -0.524. The van der Waals surface area contributed by atoms with E-state index in [0.717, 1.165) is 4.31 Å². The molecule has 2 aromatic rings.